The van der Waals surface area contributed by atoms with Crippen LogP contribution in [0, 0.1) is 12.8 Å². The highest BCUT2D eigenvalue weighted by Gasteiger charge is 2.31. The van der Waals surface area contributed by atoms with Gasteiger partial charge in [0.15, 0.2) is 0 Å². The highest BCUT2D eigenvalue weighted by molar-refractivity contribution is 5.67. The fraction of sp³-hybridized carbons (Fsp3) is 0.600. The van der Waals surface area contributed by atoms with Gasteiger partial charge in [-0.3, -0.25) is 4.79 Å². The van der Waals surface area contributed by atoms with Crippen LogP contribution >= 0.6 is 0 Å². The number of aliphatic hydroxyl groups excluding tert-OH is 1. The van der Waals surface area contributed by atoms with Crippen molar-refractivity contribution >= 4 is 5.97 Å². The Hall–Kier alpha value is -1.36. The van der Waals surface area contributed by atoms with Crippen molar-refractivity contribution < 1.29 is 19.5 Å². The summed E-state index contributed by atoms with van der Waals surface area (Å²) in [7, 11) is 0. The van der Waals surface area contributed by atoms with Crippen molar-refractivity contribution in [3.8, 4) is 0 Å². The van der Waals surface area contributed by atoms with Gasteiger partial charge >= 0.3 is 5.97 Å². The summed E-state index contributed by atoms with van der Waals surface area (Å²) in [5, 5.41) is 22.3. The molecule has 82 valence electrons. The molecule has 0 aliphatic heterocycles. The van der Waals surface area contributed by atoms with Gasteiger partial charge in [-0.2, -0.15) is 0 Å². The molecular weight excluding hydrogens is 198 g/mol. The number of carboxylic acid groups (broad SMARTS) is 1. The zero-order valence-electron chi connectivity index (χ0n) is 8.43. The van der Waals surface area contributed by atoms with Crippen molar-refractivity contribution in [3.05, 3.63) is 17.0 Å². The number of aliphatic hydroxyl groups is 1. The van der Waals surface area contributed by atoms with Gasteiger partial charge in [-0.05, 0) is 19.3 Å². The minimum absolute atomic E-state index is 0.0580. The van der Waals surface area contributed by atoms with Crippen LogP contribution in [0.25, 0.3) is 0 Å². The lowest BCUT2D eigenvalue weighted by Crippen LogP contribution is -2.20. The van der Waals surface area contributed by atoms with Crippen molar-refractivity contribution in [3.63, 3.8) is 0 Å². The van der Waals surface area contributed by atoms with Crippen molar-refractivity contribution in [1.29, 1.82) is 0 Å². The molecule has 0 fully saturated rings. The van der Waals surface area contributed by atoms with Crippen molar-refractivity contribution in [2.24, 2.45) is 5.92 Å². The number of carboxylic acids is 1. The number of fused-ring (bicyclic) bond motifs is 1. The molecular formula is C10H13NO4. The number of rotatable bonds is 2. The Morgan fingerprint density at radius 2 is 2.40 bits per heavy atom. The van der Waals surface area contributed by atoms with E-state index in [0.717, 1.165) is 5.56 Å². The van der Waals surface area contributed by atoms with Gasteiger partial charge in [0, 0.05) is 18.4 Å². The first kappa shape index (κ1) is 10.2. The van der Waals surface area contributed by atoms with Gasteiger partial charge in [0.2, 0.25) is 0 Å². The van der Waals surface area contributed by atoms with Gasteiger partial charge < -0.3 is 14.7 Å². The van der Waals surface area contributed by atoms with E-state index in [-0.39, 0.29) is 12.3 Å². The molecule has 0 saturated heterocycles. The quantitative estimate of drug-likeness (QED) is 0.764. The molecule has 5 nitrogen and oxygen atoms in total. The van der Waals surface area contributed by atoms with E-state index in [0.29, 0.717) is 24.3 Å². The van der Waals surface area contributed by atoms with E-state index in [4.69, 9.17) is 9.63 Å². The van der Waals surface area contributed by atoms with E-state index in [1.54, 1.807) is 6.92 Å². The van der Waals surface area contributed by atoms with Crippen LogP contribution < -0.4 is 0 Å². The van der Waals surface area contributed by atoms with E-state index >= 15 is 0 Å². The molecule has 1 aromatic rings. The maximum Gasteiger partial charge on any atom is 0.303 e. The van der Waals surface area contributed by atoms with E-state index in [9.17, 15) is 9.90 Å². The second kappa shape index (κ2) is 3.66. The lowest BCUT2D eigenvalue weighted by atomic mass is 9.83. The topological polar surface area (TPSA) is 83.6 Å². The molecule has 1 aromatic heterocycles. The number of hydrogen-bond acceptors (Lipinski definition) is 4. The monoisotopic (exact) mass is 211 g/mol. The number of hydrogen-bond donors (Lipinski definition) is 2. The highest BCUT2D eigenvalue weighted by atomic mass is 16.5. The van der Waals surface area contributed by atoms with E-state index in [1.807, 2.05) is 0 Å². The smallest absolute Gasteiger partial charge is 0.303 e. The summed E-state index contributed by atoms with van der Waals surface area (Å²) in [5.74, 6) is -0.262. The Morgan fingerprint density at radius 3 is 3.07 bits per heavy atom. The molecule has 0 aromatic carbocycles. The zero-order valence-corrected chi connectivity index (χ0v) is 8.43. The number of nitrogens with zero attached hydrogens (tertiary/aromatic N) is 1. The third-order valence-corrected chi connectivity index (χ3v) is 2.81. The number of aryl methyl sites for hydroxylation is 1. The largest absolute Gasteiger partial charge is 0.481 e. The van der Waals surface area contributed by atoms with Crippen molar-refractivity contribution in [2.75, 3.05) is 0 Å². The first-order chi connectivity index (χ1) is 7.08. The minimum Gasteiger partial charge on any atom is -0.481 e. The van der Waals surface area contributed by atoms with Crippen molar-refractivity contribution in [1.82, 2.24) is 5.16 Å². The molecule has 2 N–H and O–H groups in total. The molecule has 5 heteroatoms. The third kappa shape index (κ3) is 1.87. The maximum absolute atomic E-state index is 10.6. The van der Waals surface area contributed by atoms with Crippen LogP contribution in [-0.4, -0.2) is 21.3 Å². The van der Waals surface area contributed by atoms with Gasteiger partial charge in [0.05, 0.1) is 11.8 Å². The predicted octanol–water partition coefficient (Wildman–Crippen LogP) is 1.05. The Balaban J connectivity index is 2.20. The number of aliphatic carboxylic acids is 1. The van der Waals surface area contributed by atoms with Crippen LogP contribution in [0.5, 0.6) is 0 Å². The lowest BCUT2D eigenvalue weighted by Gasteiger charge is -2.23. The molecule has 0 bridgehead atoms. The van der Waals surface area contributed by atoms with Crippen LogP contribution in [0.2, 0.25) is 0 Å². The highest BCUT2D eigenvalue weighted by Crippen LogP contribution is 2.36. The molecule has 2 unspecified atom stereocenters. The molecule has 15 heavy (non-hydrogen) atoms. The first-order valence-corrected chi connectivity index (χ1v) is 4.93. The molecule has 2 rings (SSSR count). The van der Waals surface area contributed by atoms with Gasteiger partial charge in [-0.1, -0.05) is 5.16 Å². The molecule has 0 saturated carbocycles. The second-order valence-corrected chi connectivity index (χ2v) is 4.02. The fourth-order valence-electron chi connectivity index (χ4n) is 2.18. The summed E-state index contributed by atoms with van der Waals surface area (Å²) in [6.07, 6.45) is 0.460. The fourth-order valence-corrected chi connectivity index (χ4v) is 2.18. The van der Waals surface area contributed by atoms with Crippen LogP contribution in [0.4, 0.5) is 0 Å². The number of carbonyl (C=O) groups is 1. The molecule has 1 aliphatic carbocycles. The first-order valence-electron chi connectivity index (χ1n) is 4.93. The average Bonchev–Trinajstić information content (AvgIpc) is 2.46. The third-order valence-electron chi connectivity index (χ3n) is 2.81. The zero-order chi connectivity index (χ0) is 11.0. The molecule has 1 aliphatic rings. The second-order valence-electron chi connectivity index (χ2n) is 4.02. The van der Waals surface area contributed by atoms with E-state index in [2.05, 4.69) is 5.16 Å². The van der Waals surface area contributed by atoms with Crippen LogP contribution in [-0.2, 0) is 11.2 Å². The predicted molar refractivity (Wildman–Crippen MR) is 50.3 cm³/mol. The summed E-state index contributed by atoms with van der Waals surface area (Å²) >= 11 is 0. The van der Waals surface area contributed by atoms with E-state index in [1.165, 1.54) is 0 Å². The standard InChI is InChI=1S/C10H13NO4/c1-5-10-7(12)2-6(4-9(13)14)3-8(10)15-11-5/h6-7,12H,2-4H2,1H3,(H,13,14). The summed E-state index contributed by atoms with van der Waals surface area (Å²) in [4.78, 5) is 10.6. The Kier molecular flexibility index (Phi) is 2.48. The minimum atomic E-state index is -0.841. The van der Waals surface area contributed by atoms with Gasteiger partial charge in [-0.15, -0.1) is 0 Å². The molecule has 0 spiro atoms. The van der Waals surface area contributed by atoms with Crippen LogP contribution in [0.1, 0.15) is 36.0 Å². The Morgan fingerprint density at radius 1 is 1.67 bits per heavy atom. The summed E-state index contributed by atoms with van der Waals surface area (Å²) in [6.45, 7) is 1.78. The maximum atomic E-state index is 10.6. The van der Waals surface area contributed by atoms with Gasteiger partial charge in [0.25, 0.3) is 0 Å². The summed E-state index contributed by atoms with van der Waals surface area (Å²) in [6, 6.07) is 0. The molecule has 0 amide bonds. The number of aromatic nitrogens is 1. The molecule has 2 atom stereocenters. The Bertz CT molecular complexity index is 385. The lowest BCUT2D eigenvalue weighted by molar-refractivity contribution is -0.138. The summed E-state index contributed by atoms with van der Waals surface area (Å²) < 4.78 is 5.07. The van der Waals surface area contributed by atoms with E-state index < -0.39 is 12.1 Å². The average molecular weight is 211 g/mol. The molecule has 0 radical (unpaired) electrons. The summed E-state index contributed by atoms with van der Waals surface area (Å²) in [5.41, 5.74) is 1.45. The van der Waals surface area contributed by atoms with Crippen molar-refractivity contribution in [2.45, 2.75) is 32.3 Å². The van der Waals surface area contributed by atoms with Crippen LogP contribution in [0.3, 0.4) is 0 Å². The normalized spacial score (nSPS) is 24.9. The van der Waals surface area contributed by atoms with Crippen LogP contribution in [0.15, 0.2) is 4.52 Å². The Labute approximate surface area is 86.7 Å². The SMILES string of the molecule is Cc1noc2c1C(O)CC(CC(=O)O)C2. The van der Waals surface area contributed by atoms with Gasteiger partial charge in [0.1, 0.15) is 5.76 Å². The molecule has 1 heterocycles. The van der Waals surface area contributed by atoms with Gasteiger partial charge in [-0.25, -0.2) is 0 Å².